The number of amides is 1. The van der Waals surface area contributed by atoms with E-state index in [0.29, 0.717) is 26.1 Å². The van der Waals surface area contributed by atoms with Gasteiger partial charge >= 0.3 is 7.12 Å². The SMILES string of the molecule is NCC1OB2O[C@H](CNC=O)COc3cccc1c32. The molecular formula is C12H15BN2O4. The average Bonchev–Trinajstić information content (AvgIpc) is 2.69. The lowest BCUT2D eigenvalue weighted by Gasteiger charge is -2.18. The number of rotatable bonds is 4. The molecule has 2 aliphatic rings. The zero-order valence-electron chi connectivity index (χ0n) is 10.4. The first-order chi connectivity index (χ1) is 9.33. The predicted molar refractivity (Wildman–Crippen MR) is 69.1 cm³/mol. The summed E-state index contributed by atoms with van der Waals surface area (Å²) in [6.07, 6.45) is 0.235. The molecule has 100 valence electrons. The lowest BCUT2D eigenvalue weighted by Crippen LogP contribution is -2.39. The Labute approximate surface area is 111 Å². The monoisotopic (exact) mass is 262 g/mol. The maximum atomic E-state index is 10.4. The Morgan fingerprint density at radius 2 is 2.37 bits per heavy atom. The van der Waals surface area contributed by atoms with Crippen molar-refractivity contribution in [1.82, 2.24) is 5.32 Å². The smallest absolute Gasteiger partial charge is 0.491 e. The fourth-order valence-corrected chi connectivity index (χ4v) is 2.48. The van der Waals surface area contributed by atoms with Crippen molar-refractivity contribution >= 4 is 19.0 Å². The van der Waals surface area contributed by atoms with Gasteiger partial charge in [0.15, 0.2) is 0 Å². The molecule has 6 nitrogen and oxygen atoms in total. The summed E-state index contributed by atoms with van der Waals surface area (Å²) in [4.78, 5) is 10.4. The van der Waals surface area contributed by atoms with Crippen molar-refractivity contribution < 1.29 is 18.8 Å². The van der Waals surface area contributed by atoms with Crippen LogP contribution in [0.5, 0.6) is 5.75 Å². The Balaban J connectivity index is 1.87. The van der Waals surface area contributed by atoms with E-state index in [1.807, 2.05) is 18.2 Å². The third-order valence-corrected chi connectivity index (χ3v) is 3.35. The first-order valence-electron chi connectivity index (χ1n) is 6.27. The Hall–Kier alpha value is -1.57. The second kappa shape index (κ2) is 5.20. The first-order valence-corrected chi connectivity index (χ1v) is 6.27. The topological polar surface area (TPSA) is 82.8 Å². The van der Waals surface area contributed by atoms with Crippen LogP contribution in [0.1, 0.15) is 11.7 Å². The van der Waals surface area contributed by atoms with E-state index in [1.165, 1.54) is 0 Å². The molecule has 0 saturated heterocycles. The Bertz CT molecular complexity index is 485. The molecule has 1 aromatic rings. The van der Waals surface area contributed by atoms with E-state index in [1.54, 1.807) is 0 Å². The van der Waals surface area contributed by atoms with Crippen LogP contribution in [0.2, 0.25) is 0 Å². The fraction of sp³-hybridized carbons (Fsp3) is 0.417. The molecule has 1 amide bonds. The van der Waals surface area contributed by atoms with Crippen LogP contribution in [0.4, 0.5) is 0 Å². The molecule has 19 heavy (non-hydrogen) atoms. The van der Waals surface area contributed by atoms with Gasteiger partial charge in [0.1, 0.15) is 12.4 Å². The zero-order valence-corrected chi connectivity index (χ0v) is 10.4. The summed E-state index contributed by atoms with van der Waals surface area (Å²) >= 11 is 0. The number of ether oxygens (including phenoxy) is 1. The molecule has 7 heteroatoms. The number of nitrogens with one attached hydrogen (secondary N) is 1. The van der Waals surface area contributed by atoms with Gasteiger partial charge in [-0.1, -0.05) is 12.1 Å². The highest BCUT2D eigenvalue weighted by Gasteiger charge is 2.42. The minimum atomic E-state index is -0.472. The van der Waals surface area contributed by atoms with Crippen molar-refractivity contribution in [3.05, 3.63) is 23.8 Å². The lowest BCUT2D eigenvalue weighted by atomic mass is 9.77. The third-order valence-electron chi connectivity index (χ3n) is 3.35. The van der Waals surface area contributed by atoms with Gasteiger partial charge in [0.2, 0.25) is 6.41 Å². The van der Waals surface area contributed by atoms with Crippen molar-refractivity contribution in [2.45, 2.75) is 12.2 Å². The number of benzene rings is 1. The van der Waals surface area contributed by atoms with Crippen LogP contribution in [0, 0.1) is 0 Å². The molecule has 2 heterocycles. The Morgan fingerprint density at radius 1 is 1.47 bits per heavy atom. The minimum Gasteiger partial charge on any atom is -0.491 e. The molecule has 0 aliphatic carbocycles. The van der Waals surface area contributed by atoms with E-state index < -0.39 is 7.12 Å². The zero-order chi connectivity index (χ0) is 13.2. The summed E-state index contributed by atoms with van der Waals surface area (Å²) in [5.41, 5.74) is 7.65. The summed E-state index contributed by atoms with van der Waals surface area (Å²) in [5, 5.41) is 2.59. The van der Waals surface area contributed by atoms with Crippen LogP contribution >= 0.6 is 0 Å². The van der Waals surface area contributed by atoms with Gasteiger partial charge in [0.25, 0.3) is 0 Å². The number of nitrogens with two attached hydrogens (primary N) is 1. The highest BCUT2D eigenvalue weighted by molar-refractivity contribution is 6.64. The molecule has 0 fully saturated rings. The van der Waals surface area contributed by atoms with Crippen LogP contribution < -0.4 is 21.3 Å². The molecule has 1 unspecified atom stereocenters. The molecule has 0 spiro atoms. The number of hydrogen-bond acceptors (Lipinski definition) is 5. The third kappa shape index (κ3) is 2.20. The molecule has 0 aromatic heterocycles. The lowest BCUT2D eigenvalue weighted by molar-refractivity contribution is -0.110. The molecular weight excluding hydrogens is 247 g/mol. The normalized spacial score (nSPS) is 24.4. The van der Waals surface area contributed by atoms with Gasteiger partial charge in [-0.25, -0.2) is 0 Å². The molecule has 1 aromatic carbocycles. The highest BCUT2D eigenvalue weighted by atomic mass is 16.6. The van der Waals surface area contributed by atoms with Crippen LogP contribution in [-0.2, 0) is 14.1 Å². The molecule has 3 N–H and O–H groups in total. The van der Waals surface area contributed by atoms with E-state index in [-0.39, 0.29) is 12.2 Å². The van der Waals surface area contributed by atoms with Gasteiger partial charge in [-0.15, -0.1) is 0 Å². The minimum absolute atomic E-state index is 0.165. The number of carbonyl (C=O) groups is 1. The molecule has 0 bridgehead atoms. The standard InChI is InChI=1S/C12H15BN2O4/c14-4-11-9-2-1-3-10-12(9)13(19-11)18-8(6-17-10)5-15-7-16/h1-3,7-8,11H,4-6,14H2,(H,15,16)/t8-,11?/m1/s1. The van der Waals surface area contributed by atoms with Crippen LogP contribution in [0.25, 0.3) is 0 Å². The van der Waals surface area contributed by atoms with Crippen LogP contribution in [-0.4, -0.2) is 39.3 Å². The maximum absolute atomic E-state index is 10.4. The molecule has 2 aliphatic heterocycles. The fourth-order valence-electron chi connectivity index (χ4n) is 2.48. The van der Waals surface area contributed by atoms with Crippen molar-refractivity contribution in [1.29, 1.82) is 0 Å². The Morgan fingerprint density at radius 3 is 3.16 bits per heavy atom. The molecule has 2 atom stereocenters. The Kier molecular flexibility index (Phi) is 3.41. The first kappa shape index (κ1) is 12.5. The summed E-state index contributed by atoms with van der Waals surface area (Å²) < 4.78 is 17.4. The summed E-state index contributed by atoms with van der Waals surface area (Å²) in [6, 6.07) is 5.80. The summed E-state index contributed by atoms with van der Waals surface area (Å²) in [5.74, 6) is 0.770. The van der Waals surface area contributed by atoms with Crippen molar-refractivity contribution in [2.75, 3.05) is 19.7 Å². The molecule has 0 radical (unpaired) electrons. The van der Waals surface area contributed by atoms with Gasteiger partial charge < -0.3 is 25.1 Å². The van der Waals surface area contributed by atoms with Gasteiger partial charge in [0, 0.05) is 18.6 Å². The van der Waals surface area contributed by atoms with Crippen molar-refractivity contribution in [3.8, 4) is 5.75 Å². The second-order valence-electron chi connectivity index (χ2n) is 4.55. The quantitative estimate of drug-likeness (QED) is 0.533. The van der Waals surface area contributed by atoms with E-state index >= 15 is 0 Å². The van der Waals surface area contributed by atoms with Crippen molar-refractivity contribution in [2.24, 2.45) is 5.73 Å². The van der Waals surface area contributed by atoms with E-state index in [0.717, 1.165) is 16.8 Å². The molecule has 0 saturated carbocycles. The largest absolute Gasteiger partial charge is 0.498 e. The van der Waals surface area contributed by atoms with Gasteiger partial charge in [-0.3, -0.25) is 4.79 Å². The predicted octanol–water partition coefficient (Wildman–Crippen LogP) is -1.06. The van der Waals surface area contributed by atoms with Gasteiger partial charge in [0.05, 0.1) is 12.2 Å². The maximum Gasteiger partial charge on any atom is 0.498 e. The van der Waals surface area contributed by atoms with E-state index in [2.05, 4.69) is 5.32 Å². The van der Waals surface area contributed by atoms with Crippen LogP contribution in [0.15, 0.2) is 18.2 Å². The molecule has 3 rings (SSSR count). The summed E-state index contributed by atoms with van der Waals surface area (Å²) in [6.45, 7) is 1.16. The van der Waals surface area contributed by atoms with E-state index in [4.69, 9.17) is 19.8 Å². The average molecular weight is 262 g/mol. The van der Waals surface area contributed by atoms with Crippen molar-refractivity contribution in [3.63, 3.8) is 0 Å². The van der Waals surface area contributed by atoms with Crippen LogP contribution in [0.3, 0.4) is 0 Å². The second-order valence-corrected chi connectivity index (χ2v) is 4.55. The highest BCUT2D eigenvalue weighted by Crippen LogP contribution is 2.30. The number of carbonyl (C=O) groups excluding carboxylic acids is 1. The number of hydrogen-bond donors (Lipinski definition) is 2. The summed E-state index contributed by atoms with van der Waals surface area (Å²) in [7, 11) is -0.472. The van der Waals surface area contributed by atoms with E-state index in [9.17, 15) is 4.79 Å². The van der Waals surface area contributed by atoms with Gasteiger partial charge in [-0.05, 0) is 11.6 Å². The van der Waals surface area contributed by atoms with Gasteiger partial charge in [-0.2, -0.15) is 0 Å².